The Kier molecular flexibility index (Phi) is 55.6. The number of nitrogens with zero attached hydrogens (tertiary/aromatic N) is 1. The van der Waals surface area contributed by atoms with Crippen molar-refractivity contribution in [3.8, 4) is 0 Å². The fourth-order valence-electron chi connectivity index (χ4n) is 4.50. The molecule has 0 bridgehead atoms. The normalized spacial score (nSPS) is 11.9. The minimum absolute atomic E-state index is 0.169. The van der Waals surface area contributed by atoms with Gasteiger partial charge in [0.25, 0.3) is 0 Å². The molecule has 320 valence electrons. The van der Waals surface area contributed by atoms with Crippen LogP contribution in [-0.4, -0.2) is 63.2 Å². The fraction of sp³-hybridized carbons (Fsp3) is 0.957. The van der Waals surface area contributed by atoms with Crippen LogP contribution in [0.25, 0.3) is 0 Å². The molecule has 2 unspecified atom stereocenters. The molecule has 0 aromatic heterocycles. The molecule has 0 aliphatic rings. The first-order chi connectivity index (χ1) is 23.9. The van der Waals surface area contributed by atoms with Gasteiger partial charge in [-0.3, -0.25) is 4.79 Å². The molecule has 0 radical (unpaired) electrons. The number of aliphatic carboxylic acids is 2. The topological polar surface area (TPSA) is 85.1 Å². The zero-order valence-corrected chi connectivity index (χ0v) is 39.6. The van der Waals surface area contributed by atoms with Gasteiger partial charge in [0, 0.05) is 5.97 Å². The van der Waals surface area contributed by atoms with Crippen LogP contribution >= 0.6 is 0 Å². The zero-order valence-electron chi connectivity index (χ0n) is 39.6. The van der Waals surface area contributed by atoms with Crippen molar-refractivity contribution in [1.82, 2.24) is 4.90 Å². The third-order valence-corrected chi connectivity index (χ3v) is 8.27. The van der Waals surface area contributed by atoms with Crippen LogP contribution < -0.4 is 10.0 Å². The summed E-state index contributed by atoms with van der Waals surface area (Å²) < 4.78 is 0. The summed E-state index contributed by atoms with van der Waals surface area (Å²) in [5.41, 5.74) is 0. The Bertz CT molecular complexity index is 614. The van der Waals surface area contributed by atoms with Crippen molar-refractivity contribution in [2.45, 2.75) is 201 Å². The van der Waals surface area contributed by atoms with E-state index in [2.05, 4.69) is 130 Å². The van der Waals surface area contributed by atoms with Gasteiger partial charge in [-0.25, -0.2) is 0 Å². The molecule has 0 aliphatic heterocycles. The van der Waals surface area contributed by atoms with Crippen LogP contribution in [0, 0.1) is 47.3 Å². The maximum Gasteiger partial charge on any atom is 0.306 e. The molecule has 2 atom stereocenters. The third-order valence-electron chi connectivity index (χ3n) is 8.27. The van der Waals surface area contributed by atoms with Crippen molar-refractivity contribution in [3.63, 3.8) is 0 Å². The number of hydrogen-bond donors (Lipinski definition) is 2. The Morgan fingerprint density at radius 1 is 0.519 bits per heavy atom. The van der Waals surface area contributed by atoms with Crippen molar-refractivity contribution >= 4 is 11.9 Å². The summed E-state index contributed by atoms with van der Waals surface area (Å²) in [6.07, 6.45) is 16.4. The summed E-state index contributed by atoms with van der Waals surface area (Å²) in [4.78, 5) is 24.5. The zero-order chi connectivity index (χ0) is 42.2. The highest BCUT2D eigenvalue weighted by Crippen LogP contribution is 2.13. The molecular formula is C46H102N2O4. The number of rotatable bonds is 22. The molecule has 0 heterocycles. The second kappa shape index (κ2) is 46.0. The average Bonchev–Trinajstić information content (AvgIpc) is 3.00. The monoisotopic (exact) mass is 747 g/mol. The van der Waals surface area contributed by atoms with Crippen molar-refractivity contribution in [1.29, 1.82) is 0 Å². The lowest BCUT2D eigenvalue weighted by atomic mass is 10.0. The standard InChI is InChI=1S/2C10H20O2.2C7H17N.2C6H14/c2*1-8(2)6-4-5-7-9(3)10(11)12;2*1-7(2)5-6-8(3)4;2*1-4-5-6(2)3/h2*8-9H,4-7H2,1-3H3,(H,11,12);2*7H,5-6H2,1-4H3;2*6H,4-5H2,1-3H3. The molecule has 0 aromatic rings. The van der Waals surface area contributed by atoms with E-state index in [1.54, 1.807) is 18.7 Å². The van der Waals surface area contributed by atoms with Crippen LogP contribution in [0.3, 0.4) is 0 Å². The molecular weight excluding hydrogens is 645 g/mol. The van der Waals surface area contributed by atoms with Gasteiger partial charge in [0.1, 0.15) is 0 Å². The lowest BCUT2D eigenvalue weighted by molar-refractivity contribution is -0.858. The minimum Gasteiger partial charge on any atom is -0.550 e. The number of carbonyl (C=O) groups is 2. The number of hydrogen-bond acceptors (Lipinski definition) is 4. The van der Waals surface area contributed by atoms with E-state index in [1.165, 1.54) is 64.5 Å². The molecule has 0 rings (SSSR count). The molecule has 0 saturated carbocycles. The Hall–Kier alpha value is -1.14. The smallest absolute Gasteiger partial charge is 0.306 e. The Balaban J connectivity index is -0.000000125. The SMILES string of the molecule is CC(C)CCCCC(C)C(=O)O.CC(C)CCCCC(C)C(=O)[O-].CC(C)CCN(C)C.CC(C)CC[NH+](C)C.CCCC(C)C.CCCC(C)C. The predicted molar refractivity (Wildman–Crippen MR) is 232 cm³/mol. The van der Waals surface area contributed by atoms with Gasteiger partial charge < -0.3 is 24.8 Å². The van der Waals surface area contributed by atoms with E-state index in [0.717, 1.165) is 74.0 Å². The largest absolute Gasteiger partial charge is 0.550 e. The first-order valence-corrected chi connectivity index (χ1v) is 21.7. The Morgan fingerprint density at radius 2 is 0.827 bits per heavy atom. The van der Waals surface area contributed by atoms with Crippen LogP contribution in [-0.2, 0) is 9.59 Å². The highest BCUT2D eigenvalue weighted by molar-refractivity contribution is 5.69. The highest BCUT2D eigenvalue weighted by atomic mass is 16.4. The number of nitrogens with one attached hydrogen (secondary N) is 1. The van der Waals surface area contributed by atoms with Gasteiger partial charge in [-0.2, -0.15) is 0 Å². The quantitative estimate of drug-likeness (QED) is 0.108. The Morgan fingerprint density at radius 3 is 1.00 bits per heavy atom. The summed E-state index contributed by atoms with van der Waals surface area (Å²) in [5.74, 6) is 2.94. The van der Waals surface area contributed by atoms with Gasteiger partial charge in [0.05, 0.1) is 26.6 Å². The van der Waals surface area contributed by atoms with E-state index in [4.69, 9.17) is 5.11 Å². The molecule has 0 aliphatic carbocycles. The van der Waals surface area contributed by atoms with E-state index < -0.39 is 11.9 Å². The van der Waals surface area contributed by atoms with Gasteiger partial charge in [-0.1, -0.05) is 175 Å². The van der Waals surface area contributed by atoms with E-state index in [0.29, 0.717) is 0 Å². The molecule has 6 nitrogen and oxygen atoms in total. The van der Waals surface area contributed by atoms with Gasteiger partial charge in [-0.05, 0) is 87.7 Å². The number of carboxylic acids is 2. The Labute approximate surface area is 330 Å². The second-order valence-corrected chi connectivity index (χ2v) is 18.3. The number of unbranched alkanes of at least 4 members (excludes halogenated alkanes) is 2. The van der Waals surface area contributed by atoms with Gasteiger partial charge >= 0.3 is 5.97 Å². The molecule has 52 heavy (non-hydrogen) atoms. The summed E-state index contributed by atoms with van der Waals surface area (Å²) >= 11 is 0. The van der Waals surface area contributed by atoms with Crippen molar-refractivity contribution in [3.05, 3.63) is 0 Å². The lowest BCUT2D eigenvalue weighted by Crippen LogP contribution is -3.05. The molecule has 0 fully saturated rings. The summed E-state index contributed by atoms with van der Waals surface area (Å²) in [6.45, 7) is 37.3. The van der Waals surface area contributed by atoms with Crippen molar-refractivity contribution in [2.24, 2.45) is 47.3 Å². The third kappa shape index (κ3) is 82.4. The minimum atomic E-state index is -0.917. The highest BCUT2D eigenvalue weighted by Gasteiger charge is 2.09. The first-order valence-electron chi connectivity index (χ1n) is 21.7. The van der Waals surface area contributed by atoms with Crippen LogP contribution in [0.5, 0.6) is 0 Å². The van der Waals surface area contributed by atoms with Crippen LogP contribution in [0.15, 0.2) is 0 Å². The molecule has 0 amide bonds. The number of quaternary nitrogens is 1. The van der Waals surface area contributed by atoms with E-state index in [1.807, 2.05) is 0 Å². The molecule has 6 heteroatoms. The lowest BCUT2D eigenvalue weighted by Gasteiger charge is -2.12. The molecule has 0 saturated heterocycles. The number of carbonyl (C=O) groups excluding carboxylic acids is 1. The van der Waals surface area contributed by atoms with Gasteiger partial charge in [0.2, 0.25) is 0 Å². The van der Waals surface area contributed by atoms with Crippen molar-refractivity contribution in [2.75, 3.05) is 41.3 Å². The van der Waals surface area contributed by atoms with Crippen LogP contribution in [0.2, 0.25) is 0 Å². The van der Waals surface area contributed by atoms with Crippen LogP contribution in [0.1, 0.15) is 201 Å². The average molecular weight is 747 g/mol. The van der Waals surface area contributed by atoms with Crippen molar-refractivity contribution < 1.29 is 24.7 Å². The van der Waals surface area contributed by atoms with Gasteiger partial charge in [-0.15, -0.1) is 0 Å². The fourth-order valence-corrected chi connectivity index (χ4v) is 4.50. The first kappa shape index (κ1) is 62.8. The van der Waals surface area contributed by atoms with Crippen LogP contribution in [0.4, 0.5) is 0 Å². The molecule has 0 aromatic carbocycles. The summed E-state index contributed by atoms with van der Waals surface area (Å²) in [7, 11) is 8.62. The summed E-state index contributed by atoms with van der Waals surface area (Å²) in [6, 6.07) is 0. The molecule has 0 spiro atoms. The predicted octanol–water partition coefficient (Wildman–Crippen LogP) is 11.2. The molecule has 2 N–H and O–H groups in total. The second-order valence-electron chi connectivity index (χ2n) is 18.3. The number of carboxylic acid groups (broad SMARTS) is 2. The van der Waals surface area contributed by atoms with E-state index >= 15 is 0 Å². The maximum absolute atomic E-state index is 10.4. The maximum atomic E-state index is 10.4. The summed E-state index contributed by atoms with van der Waals surface area (Å²) in [5, 5.41) is 18.9. The van der Waals surface area contributed by atoms with Gasteiger partial charge in [0.15, 0.2) is 0 Å². The van der Waals surface area contributed by atoms with E-state index in [-0.39, 0.29) is 11.8 Å². The van der Waals surface area contributed by atoms with E-state index in [9.17, 15) is 14.7 Å².